The lowest BCUT2D eigenvalue weighted by Gasteiger charge is -2.38. The number of nitrogens with one attached hydrogen (secondary N) is 2. The molecule has 0 unspecified atom stereocenters. The van der Waals surface area contributed by atoms with E-state index in [-0.39, 0.29) is 42.0 Å². The van der Waals surface area contributed by atoms with Gasteiger partial charge in [-0.3, -0.25) is 4.79 Å². The molecule has 41 heavy (non-hydrogen) atoms. The second-order valence-corrected chi connectivity index (χ2v) is 12.3. The fraction of sp³-hybridized carbons (Fsp3) is 0.462. The SMILES string of the molecule is Cc1noc(C)c1NC(=O)Nc1ccc2c(c1)C(=O)N([C@@H](C)CO)C[C@H](C)[C@H](CN(C)S(=O)(=O)c1cn(C)cn1)O2. The van der Waals surface area contributed by atoms with E-state index in [0.29, 0.717) is 22.8 Å². The number of urea groups is 1. The van der Waals surface area contributed by atoms with Gasteiger partial charge in [-0.25, -0.2) is 18.2 Å². The van der Waals surface area contributed by atoms with E-state index in [2.05, 4.69) is 20.8 Å². The number of sulfonamides is 1. The number of carbonyl (C=O) groups is 2. The number of hydrogen-bond acceptors (Lipinski definition) is 9. The molecule has 0 radical (unpaired) electrons. The fourth-order valence-corrected chi connectivity index (χ4v) is 5.63. The van der Waals surface area contributed by atoms with Gasteiger partial charge in [0.25, 0.3) is 15.9 Å². The lowest BCUT2D eigenvalue weighted by molar-refractivity contribution is 0.0387. The number of hydrogen-bond donors (Lipinski definition) is 3. The zero-order valence-electron chi connectivity index (χ0n) is 23.8. The van der Waals surface area contributed by atoms with Gasteiger partial charge in [0, 0.05) is 38.4 Å². The Kier molecular flexibility index (Phi) is 8.70. The summed E-state index contributed by atoms with van der Waals surface area (Å²) >= 11 is 0. The maximum Gasteiger partial charge on any atom is 0.323 e. The van der Waals surface area contributed by atoms with Crippen molar-refractivity contribution in [2.24, 2.45) is 13.0 Å². The van der Waals surface area contributed by atoms with E-state index >= 15 is 0 Å². The molecule has 0 aliphatic carbocycles. The maximum atomic E-state index is 13.7. The lowest BCUT2D eigenvalue weighted by Crippen LogP contribution is -2.50. The number of nitrogens with zero attached hydrogens (tertiary/aromatic N) is 5. The summed E-state index contributed by atoms with van der Waals surface area (Å²) in [5.41, 5.74) is 1.44. The van der Waals surface area contributed by atoms with Crippen LogP contribution in [0.15, 0.2) is 40.3 Å². The Balaban J connectivity index is 1.62. The summed E-state index contributed by atoms with van der Waals surface area (Å²) in [6.45, 7) is 6.85. The van der Waals surface area contributed by atoms with Gasteiger partial charge in [0.05, 0.1) is 31.1 Å². The zero-order chi connectivity index (χ0) is 30.1. The lowest BCUT2D eigenvalue weighted by atomic mass is 9.99. The Morgan fingerprint density at radius 2 is 2.02 bits per heavy atom. The molecule has 0 saturated heterocycles. The molecular weight excluding hydrogens is 554 g/mol. The zero-order valence-corrected chi connectivity index (χ0v) is 24.6. The standard InChI is InChI=1S/C26H35N7O7S/c1-15-10-33(16(2)13-34)25(35)20-9-19(28-26(36)29-24-17(3)30-40-18(24)4)7-8-21(20)39-22(15)11-32(6)41(37,38)23-12-31(5)14-27-23/h7-9,12,14-16,22,34H,10-11,13H2,1-6H3,(H2,28,29,36)/t15-,16-,22-/m0/s1. The Labute approximate surface area is 238 Å². The molecule has 222 valence electrons. The highest BCUT2D eigenvalue weighted by atomic mass is 32.2. The molecule has 2 aromatic heterocycles. The third-order valence-electron chi connectivity index (χ3n) is 6.99. The average molecular weight is 590 g/mol. The Morgan fingerprint density at radius 3 is 2.63 bits per heavy atom. The number of ether oxygens (including phenoxy) is 1. The van der Waals surface area contributed by atoms with E-state index in [1.807, 2.05) is 6.92 Å². The number of benzene rings is 1. The largest absolute Gasteiger partial charge is 0.488 e. The van der Waals surface area contributed by atoms with Gasteiger partial charge in [-0.2, -0.15) is 4.31 Å². The Bertz CT molecular complexity index is 1510. The molecule has 1 aliphatic heterocycles. The second kappa shape index (κ2) is 11.9. The number of aryl methyl sites for hydroxylation is 3. The van der Waals surface area contributed by atoms with Crippen molar-refractivity contribution < 1.29 is 32.4 Å². The normalized spacial score (nSPS) is 18.3. The number of aliphatic hydroxyl groups excluding tert-OH is 1. The molecule has 1 aromatic carbocycles. The molecule has 3 heterocycles. The molecule has 0 bridgehead atoms. The highest BCUT2D eigenvalue weighted by molar-refractivity contribution is 7.89. The number of fused-ring (bicyclic) bond motifs is 1. The molecule has 3 aromatic rings. The number of imidazole rings is 1. The number of aliphatic hydroxyl groups is 1. The number of likely N-dealkylation sites (N-methyl/N-ethyl adjacent to an activating group) is 1. The first-order chi connectivity index (χ1) is 19.3. The predicted molar refractivity (Wildman–Crippen MR) is 149 cm³/mol. The molecule has 0 saturated carbocycles. The first-order valence-electron chi connectivity index (χ1n) is 13.0. The van der Waals surface area contributed by atoms with Gasteiger partial charge in [0.2, 0.25) is 0 Å². The van der Waals surface area contributed by atoms with E-state index in [1.165, 1.54) is 34.8 Å². The molecule has 3 atom stereocenters. The van der Waals surface area contributed by atoms with Crippen LogP contribution in [0.1, 0.15) is 35.7 Å². The van der Waals surface area contributed by atoms with Gasteiger partial charge in [-0.15, -0.1) is 0 Å². The van der Waals surface area contributed by atoms with E-state index in [9.17, 15) is 23.1 Å². The molecule has 3 N–H and O–H groups in total. The van der Waals surface area contributed by atoms with Crippen LogP contribution in [0.25, 0.3) is 0 Å². The van der Waals surface area contributed by atoms with Gasteiger partial charge in [0.15, 0.2) is 10.8 Å². The summed E-state index contributed by atoms with van der Waals surface area (Å²) in [4.78, 5) is 31.9. The maximum absolute atomic E-state index is 13.7. The topological polar surface area (TPSA) is 172 Å². The molecule has 3 amide bonds. The van der Waals surface area contributed by atoms with Crippen molar-refractivity contribution in [2.45, 2.75) is 44.9 Å². The summed E-state index contributed by atoms with van der Waals surface area (Å²) < 4.78 is 40.4. The van der Waals surface area contributed by atoms with Crippen LogP contribution in [0.2, 0.25) is 0 Å². The minimum Gasteiger partial charge on any atom is -0.488 e. The first kappa shape index (κ1) is 30.0. The van der Waals surface area contributed by atoms with Crippen LogP contribution in [0.5, 0.6) is 5.75 Å². The Hall–Kier alpha value is -3.95. The third-order valence-corrected chi connectivity index (χ3v) is 8.70. The summed E-state index contributed by atoms with van der Waals surface area (Å²) in [5.74, 6) is -0.0255. The van der Waals surface area contributed by atoms with Gasteiger partial charge < -0.3 is 34.5 Å². The van der Waals surface area contributed by atoms with Gasteiger partial charge in [-0.1, -0.05) is 12.1 Å². The third kappa shape index (κ3) is 6.36. The van der Waals surface area contributed by atoms with Crippen molar-refractivity contribution in [3.8, 4) is 5.75 Å². The van der Waals surface area contributed by atoms with Crippen molar-refractivity contribution in [2.75, 3.05) is 37.4 Å². The van der Waals surface area contributed by atoms with E-state index in [0.717, 1.165) is 0 Å². The van der Waals surface area contributed by atoms with Crippen LogP contribution in [-0.2, 0) is 17.1 Å². The fourth-order valence-electron chi connectivity index (χ4n) is 4.49. The van der Waals surface area contributed by atoms with Crippen LogP contribution in [-0.4, -0.2) is 88.3 Å². The van der Waals surface area contributed by atoms with Gasteiger partial charge in [0.1, 0.15) is 23.2 Å². The summed E-state index contributed by atoms with van der Waals surface area (Å²) in [5, 5.41) is 19.0. The van der Waals surface area contributed by atoms with Crippen molar-refractivity contribution in [1.82, 2.24) is 23.9 Å². The highest BCUT2D eigenvalue weighted by Gasteiger charge is 2.35. The van der Waals surface area contributed by atoms with Crippen LogP contribution in [0, 0.1) is 19.8 Å². The molecule has 0 fully saturated rings. The van der Waals surface area contributed by atoms with Crippen LogP contribution < -0.4 is 15.4 Å². The Morgan fingerprint density at radius 1 is 1.29 bits per heavy atom. The average Bonchev–Trinajstić information content (AvgIpc) is 3.51. The molecule has 14 nitrogen and oxygen atoms in total. The van der Waals surface area contributed by atoms with Gasteiger partial charge >= 0.3 is 6.03 Å². The number of aromatic nitrogens is 3. The second-order valence-electron chi connectivity index (χ2n) is 10.3. The van der Waals surface area contributed by atoms with E-state index in [1.54, 1.807) is 44.5 Å². The monoisotopic (exact) mass is 589 g/mol. The van der Waals surface area contributed by atoms with Crippen molar-refractivity contribution >= 4 is 33.3 Å². The molecule has 15 heteroatoms. The molecular formula is C26H35N7O7S. The minimum absolute atomic E-state index is 0.0190. The summed E-state index contributed by atoms with van der Waals surface area (Å²) in [7, 11) is -0.768. The molecule has 1 aliphatic rings. The van der Waals surface area contributed by atoms with Crippen molar-refractivity contribution in [3.63, 3.8) is 0 Å². The van der Waals surface area contributed by atoms with Crippen LogP contribution in [0.3, 0.4) is 0 Å². The highest BCUT2D eigenvalue weighted by Crippen LogP contribution is 2.31. The van der Waals surface area contributed by atoms with Crippen LogP contribution in [0.4, 0.5) is 16.2 Å². The quantitative estimate of drug-likeness (QED) is 0.356. The van der Waals surface area contributed by atoms with Gasteiger partial charge in [-0.05, 0) is 39.0 Å². The predicted octanol–water partition coefficient (Wildman–Crippen LogP) is 2.21. The number of amides is 3. The number of carbonyl (C=O) groups excluding carboxylic acids is 2. The number of anilines is 2. The summed E-state index contributed by atoms with van der Waals surface area (Å²) in [6.07, 6.45) is 2.18. The molecule has 4 rings (SSSR count). The van der Waals surface area contributed by atoms with Crippen molar-refractivity contribution in [3.05, 3.63) is 47.7 Å². The summed E-state index contributed by atoms with van der Waals surface area (Å²) in [6, 6.07) is 3.54. The van der Waals surface area contributed by atoms with E-state index < -0.39 is 34.1 Å². The van der Waals surface area contributed by atoms with E-state index in [4.69, 9.17) is 9.26 Å². The van der Waals surface area contributed by atoms with Crippen LogP contribution >= 0.6 is 0 Å². The van der Waals surface area contributed by atoms with Crippen molar-refractivity contribution in [1.29, 1.82) is 0 Å². The number of rotatable bonds is 8. The smallest absolute Gasteiger partial charge is 0.323 e. The molecule has 0 spiro atoms. The minimum atomic E-state index is -3.90. The first-order valence-corrected chi connectivity index (χ1v) is 14.4.